The minimum atomic E-state index is -0.382. The van der Waals surface area contributed by atoms with Gasteiger partial charge in [-0.05, 0) is 30.7 Å². The normalized spacial score (nSPS) is 12.1. The molecule has 1 atom stereocenters. The number of pyridine rings is 2. The Hall–Kier alpha value is -2.95. The summed E-state index contributed by atoms with van der Waals surface area (Å²) >= 11 is 0. The van der Waals surface area contributed by atoms with E-state index in [0.717, 1.165) is 10.9 Å². The van der Waals surface area contributed by atoms with Crippen LogP contribution in [0.15, 0.2) is 59.5 Å². The number of aromatic nitrogens is 2. The van der Waals surface area contributed by atoms with E-state index in [1.54, 1.807) is 25.4 Å². The second-order valence-corrected chi connectivity index (χ2v) is 5.44. The molecule has 1 aromatic carbocycles. The smallest absolute Gasteiger partial charge is 0.264 e. The van der Waals surface area contributed by atoms with E-state index in [9.17, 15) is 9.59 Å². The molecule has 2 aromatic heterocycles. The Bertz CT molecular complexity index is 916. The number of hydrogen-bond donors (Lipinski definition) is 1. The summed E-state index contributed by atoms with van der Waals surface area (Å²) in [4.78, 5) is 29.1. The maximum Gasteiger partial charge on any atom is 0.264 e. The average molecular weight is 307 g/mol. The van der Waals surface area contributed by atoms with Gasteiger partial charge in [-0.25, -0.2) is 4.98 Å². The number of amides is 1. The first-order valence-electron chi connectivity index (χ1n) is 7.38. The third-order valence-electron chi connectivity index (χ3n) is 3.86. The van der Waals surface area contributed by atoms with Gasteiger partial charge in [-0.3, -0.25) is 14.2 Å². The fourth-order valence-corrected chi connectivity index (χ4v) is 2.56. The van der Waals surface area contributed by atoms with E-state index in [0.29, 0.717) is 5.65 Å². The van der Waals surface area contributed by atoms with Crippen LogP contribution in [0.2, 0.25) is 0 Å². The summed E-state index contributed by atoms with van der Waals surface area (Å²) in [6, 6.07) is 14.7. The number of carbonyl (C=O) groups is 1. The molecule has 5 nitrogen and oxygen atoms in total. The molecule has 0 aliphatic heterocycles. The molecule has 1 N–H and O–H groups in total. The van der Waals surface area contributed by atoms with Crippen molar-refractivity contribution >= 4 is 16.9 Å². The second kappa shape index (κ2) is 6.04. The summed E-state index contributed by atoms with van der Waals surface area (Å²) in [6.45, 7) is 1.89. The predicted molar refractivity (Wildman–Crippen MR) is 89.3 cm³/mol. The van der Waals surface area contributed by atoms with Crippen LogP contribution in [0.4, 0.5) is 0 Å². The fourth-order valence-electron chi connectivity index (χ4n) is 2.56. The number of benzene rings is 1. The van der Waals surface area contributed by atoms with Crippen LogP contribution in [0, 0.1) is 0 Å². The van der Waals surface area contributed by atoms with E-state index in [-0.39, 0.29) is 23.1 Å². The van der Waals surface area contributed by atoms with Gasteiger partial charge in [0, 0.05) is 18.6 Å². The summed E-state index contributed by atoms with van der Waals surface area (Å²) in [5, 5.41) is 3.63. The highest BCUT2D eigenvalue weighted by atomic mass is 16.2. The minimum Gasteiger partial charge on any atom is -0.345 e. The molecule has 0 saturated heterocycles. The maximum absolute atomic E-state index is 12.5. The van der Waals surface area contributed by atoms with E-state index in [1.165, 1.54) is 4.57 Å². The lowest BCUT2D eigenvalue weighted by Crippen LogP contribution is -2.33. The molecular formula is C18H17N3O2. The van der Waals surface area contributed by atoms with Gasteiger partial charge in [0.25, 0.3) is 11.5 Å². The average Bonchev–Trinajstić information content (AvgIpc) is 2.58. The van der Waals surface area contributed by atoms with Crippen LogP contribution in [0.1, 0.15) is 28.9 Å². The number of carbonyl (C=O) groups excluding carboxylic acids is 1. The highest BCUT2D eigenvalue weighted by Gasteiger charge is 2.17. The van der Waals surface area contributed by atoms with Gasteiger partial charge in [0.15, 0.2) is 0 Å². The quantitative estimate of drug-likeness (QED) is 0.808. The summed E-state index contributed by atoms with van der Waals surface area (Å²) in [5.41, 5.74) is 1.31. The van der Waals surface area contributed by atoms with Gasteiger partial charge in [0.05, 0.1) is 6.04 Å². The Morgan fingerprint density at radius 3 is 2.65 bits per heavy atom. The predicted octanol–water partition coefficient (Wildman–Crippen LogP) is 2.42. The van der Waals surface area contributed by atoms with Crippen LogP contribution < -0.4 is 10.9 Å². The van der Waals surface area contributed by atoms with Crippen molar-refractivity contribution in [2.45, 2.75) is 13.0 Å². The van der Waals surface area contributed by atoms with Crippen molar-refractivity contribution in [1.29, 1.82) is 0 Å². The maximum atomic E-state index is 12.5. The van der Waals surface area contributed by atoms with Crippen molar-refractivity contribution in [1.82, 2.24) is 14.9 Å². The van der Waals surface area contributed by atoms with Crippen LogP contribution in [-0.4, -0.2) is 15.5 Å². The van der Waals surface area contributed by atoms with Crippen molar-refractivity contribution in [3.8, 4) is 0 Å². The first kappa shape index (κ1) is 15.0. The van der Waals surface area contributed by atoms with Gasteiger partial charge in [-0.1, -0.05) is 30.3 Å². The zero-order valence-corrected chi connectivity index (χ0v) is 13.0. The van der Waals surface area contributed by atoms with Crippen molar-refractivity contribution in [2.75, 3.05) is 0 Å². The second-order valence-electron chi connectivity index (χ2n) is 5.44. The standard InChI is InChI=1S/C18H17N3O2/c1-12(13-7-4-3-5-8-13)20-17(22)15-11-14-9-6-10-19-16(14)21(2)18(15)23/h3-12H,1-2H3,(H,20,22). The molecule has 0 saturated carbocycles. The molecule has 0 fully saturated rings. The van der Waals surface area contributed by atoms with Crippen LogP contribution in [-0.2, 0) is 7.05 Å². The Labute approximate surface area is 133 Å². The zero-order valence-electron chi connectivity index (χ0n) is 13.0. The molecule has 0 radical (unpaired) electrons. The van der Waals surface area contributed by atoms with Crippen LogP contribution in [0.25, 0.3) is 11.0 Å². The molecule has 3 aromatic rings. The number of nitrogens with one attached hydrogen (secondary N) is 1. The van der Waals surface area contributed by atoms with Gasteiger partial charge in [0.1, 0.15) is 11.2 Å². The minimum absolute atomic E-state index is 0.121. The fraction of sp³-hybridized carbons (Fsp3) is 0.167. The summed E-state index contributed by atoms with van der Waals surface area (Å²) in [6.07, 6.45) is 1.62. The molecule has 1 amide bonds. The SMILES string of the molecule is CC(NC(=O)c1cc2cccnc2n(C)c1=O)c1ccccc1. The third kappa shape index (κ3) is 2.85. The van der Waals surface area contributed by atoms with Crippen molar-refractivity contribution in [2.24, 2.45) is 7.05 Å². The Morgan fingerprint density at radius 1 is 1.17 bits per heavy atom. The van der Waals surface area contributed by atoms with Gasteiger partial charge in [0.2, 0.25) is 0 Å². The largest absolute Gasteiger partial charge is 0.345 e. The molecule has 1 unspecified atom stereocenters. The topological polar surface area (TPSA) is 64.0 Å². The van der Waals surface area contributed by atoms with Crippen molar-refractivity contribution < 1.29 is 4.79 Å². The van der Waals surface area contributed by atoms with Gasteiger partial charge < -0.3 is 5.32 Å². The summed E-state index contributed by atoms with van der Waals surface area (Å²) < 4.78 is 1.40. The molecule has 3 rings (SSSR count). The van der Waals surface area contributed by atoms with Crippen LogP contribution in [0.5, 0.6) is 0 Å². The van der Waals surface area contributed by atoms with E-state index < -0.39 is 0 Å². The Balaban J connectivity index is 1.95. The lowest BCUT2D eigenvalue weighted by molar-refractivity contribution is 0.0938. The molecule has 5 heteroatoms. The first-order valence-corrected chi connectivity index (χ1v) is 7.38. The van der Waals surface area contributed by atoms with Gasteiger partial charge in [-0.2, -0.15) is 0 Å². The highest BCUT2D eigenvalue weighted by Crippen LogP contribution is 2.13. The third-order valence-corrected chi connectivity index (χ3v) is 3.86. The Morgan fingerprint density at radius 2 is 1.91 bits per heavy atom. The number of nitrogens with zero attached hydrogens (tertiary/aromatic N) is 2. The lowest BCUT2D eigenvalue weighted by atomic mass is 10.1. The van der Waals surface area contributed by atoms with Crippen LogP contribution >= 0.6 is 0 Å². The van der Waals surface area contributed by atoms with E-state index in [1.807, 2.05) is 43.3 Å². The monoisotopic (exact) mass is 307 g/mol. The number of aryl methyl sites for hydroxylation is 1. The lowest BCUT2D eigenvalue weighted by Gasteiger charge is -2.15. The Kier molecular flexibility index (Phi) is 3.93. The van der Waals surface area contributed by atoms with E-state index in [2.05, 4.69) is 10.3 Å². The highest BCUT2D eigenvalue weighted by molar-refractivity contribution is 5.97. The van der Waals surface area contributed by atoms with Crippen molar-refractivity contribution in [3.05, 3.63) is 76.2 Å². The molecule has 2 heterocycles. The number of rotatable bonds is 3. The molecule has 116 valence electrons. The molecule has 23 heavy (non-hydrogen) atoms. The van der Waals surface area contributed by atoms with Crippen LogP contribution in [0.3, 0.4) is 0 Å². The molecule has 0 aliphatic carbocycles. The molecule has 0 aliphatic rings. The molecular weight excluding hydrogens is 290 g/mol. The van der Waals surface area contributed by atoms with E-state index in [4.69, 9.17) is 0 Å². The molecule has 0 bridgehead atoms. The number of fused-ring (bicyclic) bond motifs is 1. The first-order chi connectivity index (χ1) is 11.1. The van der Waals surface area contributed by atoms with Gasteiger partial charge >= 0.3 is 0 Å². The molecule has 0 spiro atoms. The number of hydrogen-bond acceptors (Lipinski definition) is 3. The van der Waals surface area contributed by atoms with Gasteiger partial charge in [-0.15, -0.1) is 0 Å². The van der Waals surface area contributed by atoms with E-state index >= 15 is 0 Å². The zero-order chi connectivity index (χ0) is 16.4. The summed E-state index contributed by atoms with van der Waals surface area (Å²) in [5.74, 6) is -0.382. The summed E-state index contributed by atoms with van der Waals surface area (Å²) in [7, 11) is 1.62. The van der Waals surface area contributed by atoms with Crippen molar-refractivity contribution in [3.63, 3.8) is 0 Å².